The van der Waals surface area contributed by atoms with E-state index in [9.17, 15) is 14.7 Å². The summed E-state index contributed by atoms with van der Waals surface area (Å²) in [7, 11) is 0. The van der Waals surface area contributed by atoms with Gasteiger partial charge in [0.05, 0.1) is 0 Å². The molecule has 5 heteroatoms. The Morgan fingerprint density at radius 2 is 1.83 bits per heavy atom. The fourth-order valence-electron chi connectivity index (χ4n) is 1.59. The van der Waals surface area contributed by atoms with Gasteiger partial charge in [-0.05, 0) is 13.3 Å². The lowest BCUT2D eigenvalue weighted by Gasteiger charge is -2.29. The number of carboxylic acid groups (broad SMARTS) is 1. The fourth-order valence-corrected chi connectivity index (χ4v) is 1.59. The maximum absolute atomic E-state index is 12.0. The van der Waals surface area contributed by atoms with Crippen LogP contribution in [0.15, 0.2) is 25.3 Å². The molecule has 1 unspecified atom stereocenters. The van der Waals surface area contributed by atoms with E-state index in [-0.39, 0.29) is 0 Å². The molecular weight excluding hydrogens is 232 g/mol. The van der Waals surface area contributed by atoms with Crippen molar-refractivity contribution in [1.29, 1.82) is 0 Å². The Kier molecular flexibility index (Phi) is 6.78. The lowest BCUT2D eigenvalue weighted by Crippen LogP contribution is -2.56. The van der Waals surface area contributed by atoms with Crippen molar-refractivity contribution in [3.05, 3.63) is 25.3 Å². The van der Waals surface area contributed by atoms with Crippen molar-refractivity contribution < 1.29 is 14.7 Å². The molecule has 0 fully saturated rings. The molecule has 18 heavy (non-hydrogen) atoms. The maximum Gasteiger partial charge on any atom is 0.329 e. The Labute approximate surface area is 108 Å². The molecule has 0 aromatic carbocycles. The highest BCUT2D eigenvalue weighted by atomic mass is 16.4. The second kappa shape index (κ2) is 7.53. The van der Waals surface area contributed by atoms with Gasteiger partial charge in [0, 0.05) is 13.1 Å². The summed E-state index contributed by atoms with van der Waals surface area (Å²) in [4.78, 5) is 24.6. The van der Waals surface area contributed by atoms with Crippen LogP contribution in [0, 0.1) is 0 Å². The van der Waals surface area contributed by atoms with Crippen LogP contribution in [0.25, 0.3) is 0 Å². The molecule has 0 aliphatic carbocycles. The number of hydrogen-bond donors (Lipinski definition) is 2. The van der Waals surface area contributed by atoms with Gasteiger partial charge in [0.2, 0.25) is 0 Å². The van der Waals surface area contributed by atoms with Crippen LogP contribution in [0.5, 0.6) is 0 Å². The van der Waals surface area contributed by atoms with Crippen LogP contribution in [-0.4, -0.2) is 40.6 Å². The molecule has 0 saturated heterocycles. The molecule has 0 rings (SSSR count). The monoisotopic (exact) mass is 254 g/mol. The number of amides is 2. The first kappa shape index (κ1) is 16.2. The van der Waals surface area contributed by atoms with Crippen molar-refractivity contribution >= 4 is 12.0 Å². The zero-order valence-corrected chi connectivity index (χ0v) is 11.1. The summed E-state index contributed by atoms with van der Waals surface area (Å²) < 4.78 is 0. The third kappa shape index (κ3) is 4.61. The van der Waals surface area contributed by atoms with Crippen molar-refractivity contribution in [2.45, 2.75) is 32.2 Å². The molecule has 2 amide bonds. The zero-order valence-electron chi connectivity index (χ0n) is 11.1. The molecule has 0 aromatic heterocycles. The van der Waals surface area contributed by atoms with E-state index in [1.54, 1.807) is 12.2 Å². The lowest BCUT2D eigenvalue weighted by molar-refractivity contribution is -0.144. The van der Waals surface area contributed by atoms with E-state index in [1.807, 2.05) is 6.92 Å². The second-order valence-electron chi connectivity index (χ2n) is 4.30. The van der Waals surface area contributed by atoms with Gasteiger partial charge in [0.25, 0.3) is 0 Å². The normalized spacial score (nSPS) is 13.2. The molecule has 0 radical (unpaired) electrons. The first-order valence-corrected chi connectivity index (χ1v) is 5.93. The Hall–Kier alpha value is -1.78. The quantitative estimate of drug-likeness (QED) is 0.651. The standard InChI is InChI=1S/C13H22N2O3/c1-5-8-13(4,11(16)17)14-12(18)15(9-6-2)10-7-3/h6-7H,2-3,5,8-10H2,1,4H3,(H,14,18)(H,16,17). The van der Waals surface area contributed by atoms with E-state index in [0.29, 0.717) is 25.9 Å². The van der Waals surface area contributed by atoms with E-state index >= 15 is 0 Å². The Balaban J connectivity index is 4.80. The number of carbonyl (C=O) groups excluding carboxylic acids is 1. The largest absolute Gasteiger partial charge is 0.480 e. The molecule has 102 valence electrons. The smallest absolute Gasteiger partial charge is 0.329 e. The van der Waals surface area contributed by atoms with Gasteiger partial charge in [-0.1, -0.05) is 25.5 Å². The van der Waals surface area contributed by atoms with Gasteiger partial charge >= 0.3 is 12.0 Å². The molecule has 0 aliphatic rings. The van der Waals surface area contributed by atoms with Crippen LogP contribution < -0.4 is 5.32 Å². The number of hydrogen-bond acceptors (Lipinski definition) is 2. The van der Waals surface area contributed by atoms with Crippen LogP contribution >= 0.6 is 0 Å². The van der Waals surface area contributed by atoms with Crippen LogP contribution in [0.3, 0.4) is 0 Å². The maximum atomic E-state index is 12.0. The van der Waals surface area contributed by atoms with Gasteiger partial charge in [-0.25, -0.2) is 9.59 Å². The molecule has 1 atom stereocenters. The van der Waals surface area contributed by atoms with E-state index < -0.39 is 17.5 Å². The predicted octanol–water partition coefficient (Wildman–Crippen LogP) is 2.01. The number of aliphatic carboxylic acids is 1. The van der Waals surface area contributed by atoms with Crippen molar-refractivity contribution in [2.75, 3.05) is 13.1 Å². The molecule has 5 nitrogen and oxygen atoms in total. The Bertz CT molecular complexity index is 318. The van der Waals surface area contributed by atoms with E-state index in [0.717, 1.165) is 0 Å². The number of nitrogens with one attached hydrogen (secondary N) is 1. The Morgan fingerprint density at radius 3 is 2.17 bits per heavy atom. The first-order chi connectivity index (χ1) is 8.41. The van der Waals surface area contributed by atoms with Gasteiger partial charge in [0.1, 0.15) is 5.54 Å². The van der Waals surface area contributed by atoms with Gasteiger partial charge in [-0.15, -0.1) is 13.2 Å². The minimum Gasteiger partial charge on any atom is -0.480 e. The van der Waals surface area contributed by atoms with Crippen molar-refractivity contribution in [1.82, 2.24) is 10.2 Å². The average Bonchev–Trinajstić information content (AvgIpc) is 2.28. The third-order valence-electron chi connectivity index (χ3n) is 2.59. The topological polar surface area (TPSA) is 69.6 Å². The number of nitrogens with zero attached hydrogens (tertiary/aromatic N) is 1. The van der Waals surface area contributed by atoms with Crippen molar-refractivity contribution in [3.63, 3.8) is 0 Å². The molecule has 0 bridgehead atoms. The van der Waals surface area contributed by atoms with E-state index in [4.69, 9.17) is 0 Å². The molecule has 0 heterocycles. The van der Waals surface area contributed by atoms with Crippen LogP contribution in [-0.2, 0) is 4.79 Å². The summed E-state index contributed by atoms with van der Waals surface area (Å²) in [5, 5.41) is 11.7. The molecule has 0 aliphatic heterocycles. The molecule has 2 N–H and O–H groups in total. The summed E-state index contributed by atoms with van der Waals surface area (Å²) in [6, 6.07) is -0.423. The second-order valence-corrected chi connectivity index (χ2v) is 4.30. The van der Waals surface area contributed by atoms with Gasteiger partial charge in [-0.2, -0.15) is 0 Å². The predicted molar refractivity (Wildman–Crippen MR) is 71.4 cm³/mol. The highest BCUT2D eigenvalue weighted by molar-refractivity contribution is 5.86. The SMILES string of the molecule is C=CCN(CC=C)C(=O)NC(C)(CCC)C(=O)O. The Morgan fingerprint density at radius 1 is 1.33 bits per heavy atom. The van der Waals surface area contributed by atoms with Gasteiger partial charge < -0.3 is 15.3 Å². The summed E-state index contributed by atoms with van der Waals surface area (Å²) in [5.41, 5.74) is -1.24. The third-order valence-corrected chi connectivity index (χ3v) is 2.59. The van der Waals surface area contributed by atoms with Crippen LogP contribution in [0.1, 0.15) is 26.7 Å². The summed E-state index contributed by atoms with van der Waals surface area (Å²) in [5.74, 6) is -1.03. The number of rotatable bonds is 8. The van der Waals surface area contributed by atoms with E-state index in [2.05, 4.69) is 18.5 Å². The molecule has 0 saturated carbocycles. The minimum absolute atomic E-state index is 0.347. The van der Waals surface area contributed by atoms with Crippen molar-refractivity contribution in [2.24, 2.45) is 0 Å². The van der Waals surface area contributed by atoms with E-state index in [1.165, 1.54) is 11.8 Å². The van der Waals surface area contributed by atoms with Crippen LogP contribution in [0.4, 0.5) is 4.79 Å². The zero-order chi connectivity index (χ0) is 14.2. The molecular formula is C13H22N2O3. The van der Waals surface area contributed by atoms with Crippen molar-refractivity contribution in [3.8, 4) is 0 Å². The summed E-state index contributed by atoms with van der Waals surface area (Å²) >= 11 is 0. The average molecular weight is 254 g/mol. The van der Waals surface area contributed by atoms with Gasteiger partial charge in [-0.3, -0.25) is 0 Å². The number of urea groups is 1. The summed E-state index contributed by atoms with van der Waals surface area (Å²) in [6.45, 7) is 11.2. The fraction of sp³-hybridized carbons (Fsp3) is 0.538. The molecule has 0 spiro atoms. The lowest BCUT2D eigenvalue weighted by atomic mass is 9.96. The number of carboxylic acids is 1. The first-order valence-electron chi connectivity index (χ1n) is 5.93. The van der Waals surface area contributed by atoms with Gasteiger partial charge in [0.15, 0.2) is 0 Å². The molecule has 0 aromatic rings. The highest BCUT2D eigenvalue weighted by Gasteiger charge is 2.34. The highest BCUT2D eigenvalue weighted by Crippen LogP contribution is 2.13. The minimum atomic E-state index is -1.24. The number of carbonyl (C=O) groups is 2. The summed E-state index contributed by atoms with van der Waals surface area (Å²) in [6.07, 6.45) is 4.22. The van der Waals surface area contributed by atoms with Crippen LogP contribution in [0.2, 0.25) is 0 Å².